The Morgan fingerprint density at radius 2 is 1.84 bits per heavy atom. The van der Waals surface area contributed by atoms with Crippen LogP contribution in [0, 0.1) is 5.92 Å². The number of likely N-dealkylation sites (tertiary alicyclic amines) is 1. The third kappa shape index (κ3) is 5.67. The van der Waals surface area contributed by atoms with Crippen LogP contribution < -0.4 is 10.9 Å². The zero-order valence-electron chi connectivity index (χ0n) is 17.8. The summed E-state index contributed by atoms with van der Waals surface area (Å²) in [6.07, 6.45) is 2.57. The van der Waals surface area contributed by atoms with E-state index < -0.39 is 0 Å². The lowest BCUT2D eigenvalue weighted by molar-refractivity contribution is -0.117. The Kier molecular flexibility index (Phi) is 6.57. The van der Waals surface area contributed by atoms with Gasteiger partial charge >= 0.3 is 0 Å². The van der Waals surface area contributed by atoms with Gasteiger partial charge in [0, 0.05) is 30.4 Å². The maximum absolute atomic E-state index is 12.5. The van der Waals surface area contributed by atoms with Crippen LogP contribution in [0.5, 0.6) is 0 Å². The molecule has 1 fully saturated rings. The number of amides is 1. The van der Waals surface area contributed by atoms with E-state index in [4.69, 9.17) is 0 Å². The van der Waals surface area contributed by atoms with Gasteiger partial charge < -0.3 is 5.32 Å². The monoisotopic (exact) mass is 416 g/mol. The molecule has 1 aromatic heterocycles. The van der Waals surface area contributed by atoms with Gasteiger partial charge in [-0.15, -0.1) is 0 Å². The van der Waals surface area contributed by atoms with Crippen LogP contribution in [0.2, 0.25) is 0 Å². The third-order valence-electron chi connectivity index (χ3n) is 5.61. The molecule has 160 valence electrons. The molecule has 31 heavy (non-hydrogen) atoms. The Morgan fingerprint density at radius 1 is 1.06 bits per heavy atom. The van der Waals surface area contributed by atoms with Crippen molar-refractivity contribution in [1.29, 1.82) is 0 Å². The highest BCUT2D eigenvalue weighted by Gasteiger charge is 2.16. The highest BCUT2D eigenvalue weighted by molar-refractivity contribution is 5.90. The van der Waals surface area contributed by atoms with E-state index in [1.807, 2.05) is 42.5 Å². The van der Waals surface area contributed by atoms with Crippen molar-refractivity contribution in [3.63, 3.8) is 0 Å². The first-order chi connectivity index (χ1) is 15.1. The van der Waals surface area contributed by atoms with Crippen LogP contribution >= 0.6 is 0 Å². The van der Waals surface area contributed by atoms with Gasteiger partial charge in [-0.25, -0.2) is 4.68 Å². The van der Waals surface area contributed by atoms with Crippen molar-refractivity contribution in [3.05, 3.63) is 82.6 Å². The molecule has 1 atom stereocenters. The highest BCUT2D eigenvalue weighted by atomic mass is 16.2. The fourth-order valence-corrected chi connectivity index (χ4v) is 4.04. The second-order valence-corrected chi connectivity index (χ2v) is 8.31. The number of nitrogens with one attached hydrogen (secondary N) is 1. The SMILES string of the molecule is CC1CCCN(Cc2ccc(NC(=O)Cn3nc(-c4ccccc4)ccc3=O)cc2)C1. The van der Waals surface area contributed by atoms with E-state index in [0.29, 0.717) is 11.4 Å². The Bertz CT molecular complexity index is 1080. The van der Waals surface area contributed by atoms with Crippen LogP contribution in [0.3, 0.4) is 0 Å². The van der Waals surface area contributed by atoms with Crippen LogP contribution in [0.1, 0.15) is 25.3 Å². The van der Waals surface area contributed by atoms with Gasteiger partial charge in [0.1, 0.15) is 6.54 Å². The smallest absolute Gasteiger partial charge is 0.267 e. The molecule has 0 radical (unpaired) electrons. The number of hydrogen-bond donors (Lipinski definition) is 1. The normalized spacial score (nSPS) is 16.7. The number of carbonyl (C=O) groups is 1. The summed E-state index contributed by atoms with van der Waals surface area (Å²) in [7, 11) is 0. The Labute approximate surface area is 182 Å². The molecule has 0 bridgehead atoms. The molecule has 1 saturated heterocycles. The molecule has 1 amide bonds. The number of carbonyl (C=O) groups excluding carboxylic acids is 1. The van der Waals surface area contributed by atoms with E-state index in [-0.39, 0.29) is 18.0 Å². The summed E-state index contributed by atoms with van der Waals surface area (Å²) < 4.78 is 1.20. The van der Waals surface area contributed by atoms with Gasteiger partial charge in [0.25, 0.3) is 5.56 Å². The second-order valence-electron chi connectivity index (χ2n) is 8.31. The van der Waals surface area contributed by atoms with E-state index in [2.05, 4.69) is 34.4 Å². The van der Waals surface area contributed by atoms with Crippen LogP contribution in [0.4, 0.5) is 5.69 Å². The molecule has 3 aromatic rings. The van der Waals surface area contributed by atoms with Crippen molar-refractivity contribution in [2.45, 2.75) is 32.9 Å². The zero-order chi connectivity index (χ0) is 21.6. The number of piperidine rings is 1. The standard InChI is InChI=1S/C25H28N4O2/c1-19-6-5-15-28(16-19)17-20-9-11-22(12-10-20)26-24(30)18-29-25(31)14-13-23(27-29)21-7-3-2-4-8-21/h2-4,7-14,19H,5-6,15-18H2,1H3,(H,26,30). The predicted octanol–water partition coefficient (Wildman–Crippen LogP) is 3.78. The number of anilines is 1. The lowest BCUT2D eigenvalue weighted by atomic mass is 10.00. The molecule has 4 rings (SSSR count). The van der Waals surface area contributed by atoms with E-state index in [1.54, 1.807) is 6.07 Å². The third-order valence-corrected chi connectivity index (χ3v) is 5.61. The first-order valence-electron chi connectivity index (χ1n) is 10.8. The molecule has 2 heterocycles. The molecule has 6 heteroatoms. The van der Waals surface area contributed by atoms with Crippen molar-refractivity contribution in [1.82, 2.24) is 14.7 Å². The van der Waals surface area contributed by atoms with Gasteiger partial charge in [-0.05, 0) is 49.1 Å². The van der Waals surface area contributed by atoms with E-state index in [0.717, 1.165) is 31.1 Å². The molecule has 1 aliphatic rings. The second kappa shape index (κ2) is 9.71. The lowest BCUT2D eigenvalue weighted by Crippen LogP contribution is -2.33. The summed E-state index contributed by atoms with van der Waals surface area (Å²) in [5.74, 6) is 0.474. The predicted molar refractivity (Wildman–Crippen MR) is 123 cm³/mol. The largest absolute Gasteiger partial charge is 0.324 e. The molecular weight excluding hydrogens is 388 g/mol. The summed E-state index contributed by atoms with van der Waals surface area (Å²) in [4.78, 5) is 27.1. The Hall–Kier alpha value is -3.25. The number of aromatic nitrogens is 2. The molecular formula is C25H28N4O2. The minimum Gasteiger partial charge on any atom is -0.324 e. The van der Waals surface area contributed by atoms with Gasteiger partial charge in [0.2, 0.25) is 5.91 Å². The van der Waals surface area contributed by atoms with E-state index in [1.165, 1.54) is 29.2 Å². The van der Waals surface area contributed by atoms with Gasteiger partial charge in [0.15, 0.2) is 0 Å². The summed E-state index contributed by atoms with van der Waals surface area (Å²) >= 11 is 0. The summed E-state index contributed by atoms with van der Waals surface area (Å²) in [5, 5.41) is 7.21. The minimum absolute atomic E-state index is 0.132. The Morgan fingerprint density at radius 3 is 2.58 bits per heavy atom. The van der Waals surface area contributed by atoms with Gasteiger partial charge in [-0.1, -0.05) is 49.4 Å². The maximum Gasteiger partial charge on any atom is 0.267 e. The average Bonchev–Trinajstić information content (AvgIpc) is 2.77. The first-order valence-corrected chi connectivity index (χ1v) is 10.8. The maximum atomic E-state index is 12.5. The average molecular weight is 417 g/mol. The summed E-state index contributed by atoms with van der Waals surface area (Å²) in [6, 6.07) is 20.6. The fourth-order valence-electron chi connectivity index (χ4n) is 4.04. The summed E-state index contributed by atoms with van der Waals surface area (Å²) in [6.45, 7) is 5.40. The molecule has 1 N–H and O–H groups in total. The van der Waals surface area contributed by atoms with Crippen molar-refractivity contribution < 1.29 is 4.79 Å². The molecule has 0 saturated carbocycles. The topological polar surface area (TPSA) is 67.2 Å². The van der Waals surface area contributed by atoms with Crippen molar-refractivity contribution in [2.75, 3.05) is 18.4 Å². The number of rotatable bonds is 6. The minimum atomic E-state index is -0.305. The molecule has 1 aliphatic heterocycles. The van der Waals surface area contributed by atoms with Crippen LogP contribution in [-0.4, -0.2) is 33.7 Å². The van der Waals surface area contributed by atoms with Gasteiger partial charge in [-0.3, -0.25) is 14.5 Å². The fraction of sp³-hybridized carbons (Fsp3) is 0.320. The molecule has 1 unspecified atom stereocenters. The van der Waals surface area contributed by atoms with Gasteiger partial charge in [-0.2, -0.15) is 5.10 Å². The van der Waals surface area contributed by atoms with E-state index in [9.17, 15) is 9.59 Å². The summed E-state index contributed by atoms with van der Waals surface area (Å²) in [5.41, 5.74) is 3.20. The molecule has 0 spiro atoms. The van der Waals surface area contributed by atoms with Gasteiger partial charge in [0.05, 0.1) is 5.69 Å². The Balaban J connectivity index is 1.37. The molecule has 6 nitrogen and oxygen atoms in total. The first kappa shape index (κ1) is 21.0. The van der Waals surface area contributed by atoms with E-state index >= 15 is 0 Å². The highest BCUT2D eigenvalue weighted by Crippen LogP contribution is 2.19. The van der Waals surface area contributed by atoms with Crippen LogP contribution in [-0.2, 0) is 17.9 Å². The van der Waals surface area contributed by atoms with Crippen LogP contribution in [0.15, 0.2) is 71.5 Å². The van der Waals surface area contributed by atoms with Crippen molar-refractivity contribution in [3.8, 4) is 11.3 Å². The zero-order valence-corrected chi connectivity index (χ0v) is 17.8. The number of benzene rings is 2. The lowest BCUT2D eigenvalue weighted by Gasteiger charge is -2.30. The molecule has 2 aromatic carbocycles. The number of nitrogens with zero attached hydrogens (tertiary/aromatic N) is 3. The van der Waals surface area contributed by atoms with Crippen molar-refractivity contribution >= 4 is 11.6 Å². The molecule has 0 aliphatic carbocycles. The van der Waals surface area contributed by atoms with Crippen molar-refractivity contribution in [2.24, 2.45) is 5.92 Å². The van der Waals surface area contributed by atoms with Crippen LogP contribution in [0.25, 0.3) is 11.3 Å². The number of hydrogen-bond acceptors (Lipinski definition) is 4. The quantitative estimate of drug-likeness (QED) is 0.664.